The molecular weight excluding hydrogens is 354 g/mol. The standard InChI is InChI=1S/C22H35N3O3/c1-5-7-19(21(23)26)20(14-16(2)3)22(27)25-12-10-24(11-13-25)17-8-6-9-18(15-17)28-4/h6,8-9,15-16,19-20H,5,7,10-14H2,1-4H3,(H2,23,26)/t19-,20+/m0/s1. The first kappa shape index (κ1) is 22.1. The van der Waals surface area contributed by atoms with Crippen LogP contribution in [-0.4, -0.2) is 50.0 Å². The van der Waals surface area contributed by atoms with E-state index in [1.54, 1.807) is 7.11 Å². The van der Waals surface area contributed by atoms with E-state index in [0.717, 1.165) is 30.9 Å². The lowest BCUT2D eigenvalue weighted by molar-refractivity contribution is -0.142. The first-order valence-corrected chi connectivity index (χ1v) is 10.3. The van der Waals surface area contributed by atoms with Crippen LogP contribution in [-0.2, 0) is 9.59 Å². The smallest absolute Gasteiger partial charge is 0.226 e. The molecule has 0 aliphatic carbocycles. The Bertz CT molecular complexity index is 654. The van der Waals surface area contributed by atoms with Gasteiger partial charge in [-0.05, 0) is 30.9 Å². The highest BCUT2D eigenvalue weighted by Crippen LogP contribution is 2.28. The second-order valence-electron chi connectivity index (χ2n) is 8.05. The second-order valence-corrected chi connectivity index (χ2v) is 8.05. The minimum absolute atomic E-state index is 0.0799. The fraction of sp³-hybridized carbons (Fsp3) is 0.636. The molecule has 1 heterocycles. The largest absolute Gasteiger partial charge is 0.497 e. The third kappa shape index (κ3) is 5.63. The normalized spacial score (nSPS) is 16.8. The zero-order chi connectivity index (χ0) is 20.7. The van der Waals surface area contributed by atoms with Crippen LogP contribution in [0.15, 0.2) is 24.3 Å². The fourth-order valence-electron chi connectivity index (χ4n) is 4.02. The summed E-state index contributed by atoms with van der Waals surface area (Å²) in [5.41, 5.74) is 6.77. The Kier molecular flexibility index (Phi) is 8.15. The van der Waals surface area contributed by atoms with E-state index in [0.29, 0.717) is 31.8 Å². The second kappa shape index (κ2) is 10.3. The summed E-state index contributed by atoms with van der Waals surface area (Å²) in [6.07, 6.45) is 2.21. The highest BCUT2D eigenvalue weighted by atomic mass is 16.5. The van der Waals surface area contributed by atoms with Crippen molar-refractivity contribution in [2.24, 2.45) is 23.5 Å². The predicted molar refractivity (Wildman–Crippen MR) is 112 cm³/mol. The summed E-state index contributed by atoms with van der Waals surface area (Å²) in [7, 11) is 1.66. The number of carbonyl (C=O) groups is 2. The van der Waals surface area contributed by atoms with Gasteiger partial charge in [0.05, 0.1) is 7.11 Å². The van der Waals surface area contributed by atoms with Crippen molar-refractivity contribution >= 4 is 17.5 Å². The van der Waals surface area contributed by atoms with E-state index < -0.39 is 0 Å². The summed E-state index contributed by atoms with van der Waals surface area (Å²) in [5, 5.41) is 0. The summed E-state index contributed by atoms with van der Waals surface area (Å²) in [6.45, 7) is 9.05. The maximum absolute atomic E-state index is 13.3. The molecule has 0 unspecified atom stereocenters. The monoisotopic (exact) mass is 389 g/mol. The van der Waals surface area contributed by atoms with E-state index in [1.807, 2.05) is 30.0 Å². The lowest BCUT2D eigenvalue weighted by Crippen LogP contribution is -2.52. The Balaban J connectivity index is 2.07. The van der Waals surface area contributed by atoms with Crippen molar-refractivity contribution in [1.82, 2.24) is 4.90 Å². The number of methoxy groups -OCH3 is 1. The van der Waals surface area contributed by atoms with E-state index in [4.69, 9.17) is 10.5 Å². The molecule has 1 aliphatic rings. The van der Waals surface area contributed by atoms with Crippen molar-refractivity contribution in [3.05, 3.63) is 24.3 Å². The van der Waals surface area contributed by atoms with Crippen molar-refractivity contribution < 1.29 is 14.3 Å². The number of hydrogen-bond acceptors (Lipinski definition) is 4. The SMILES string of the molecule is CCC[C@H](C(N)=O)[C@@H](CC(C)C)C(=O)N1CCN(c2cccc(OC)c2)CC1. The van der Waals surface area contributed by atoms with Gasteiger partial charge in [-0.15, -0.1) is 0 Å². The Labute approximate surface area is 169 Å². The van der Waals surface area contributed by atoms with Gasteiger partial charge in [0.25, 0.3) is 0 Å². The predicted octanol–water partition coefficient (Wildman–Crippen LogP) is 2.91. The van der Waals surface area contributed by atoms with Gasteiger partial charge in [-0.1, -0.05) is 33.3 Å². The quantitative estimate of drug-likeness (QED) is 0.705. The van der Waals surface area contributed by atoms with Crippen molar-refractivity contribution in [2.45, 2.75) is 40.0 Å². The molecular formula is C22H35N3O3. The van der Waals surface area contributed by atoms with E-state index in [-0.39, 0.29) is 23.7 Å². The maximum Gasteiger partial charge on any atom is 0.226 e. The third-order valence-corrected chi connectivity index (χ3v) is 5.50. The molecule has 2 rings (SSSR count). The third-order valence-electron chi connectivity index (χ3n) is 5.50. The molecule has 156 valence electrons. The van der Waals surface area contributed by atoms with Crippen molar-refractivity contribution in [3.8, 4) is 5.75 Å². The molecule has 0 bridgehead atoms. The molecule has 2 amide bonds. The lowest BCUT2D eigenvalue weighted by Gasteiger charge is -2.39. The lowest BCUT2D eigenvalue weighted by atomic mass is 9.81. The molecule has 1 saturated heterocycles. The molecule has 1 aromatic rings. The maximum atomic E-state index is 13.3. The molecule has 1 fully saturated rings. The Morgan fingerprint density at radius 1 is 1.14 bits per heavy atom. The van der Waals surface area contributed by atoms with Crippen LogP contribution in [0.2, 0.25) is 0 Å². The molecule has 0 spiro atoms. The molecule has 1 aromatic carbocycles. The molecule has 2 N–H and O–H groups in total. The molecule has 0 saturated carbocycles. The summed E-state index contributed by atoms with van der Waals surface area (Å²) in [6, 6.07) is 7.99. The number of amides is 2. The average molecular weight is 390 g/mol. The summed E-state index contributed by atoms with van der Waals surface area (Å²) in [5.74, 6) is 0.201. The van der Waals surface area contributed by atoms with Crippen LogP contribution in [0, 0.1) is 17.8 Å². The summed E-state index contributed by atoms with van der Waals surface area (Å²) in [4.78, 5) is 29.5. The van der Waals surface area contributed by atoms with Crippen LogP contribution in [0.5, 0.6) is 5.75 Å². The van der Waals surface area contributed by atoms with Crippen LogP contribution >= 0.6 is 0 Å². The van der Waals surface area contributed by atoms with Gasteiger partial charge in [0.15, 0.2) is 0 Å². The summed E-state index contributed by atoms with van der Waals surface area (Å²) >= 11 is 0. The number of primary amides is 1. The van der Waals surface area contributed by atoms with Gasteiger partial charge in [0.1, 0.15) is 5.75 Å². The first-order chi connectivity index (χ1) is 13.4. The zero-order valence-corrected chi connectivity index (χ0v) is 17.7. The topological polar surface area (TPSA) is 75.9 Å². The van der Waals surface area contributed by atoms with Crippen LogP contribution in [0.1, 0.15) is 40.0 Å². The van der Waals surface area contributed by atoms with Crippen LogP contribution in [0.4, 0.5) is 5.69 Å². The number of ether oxygens (including phenoxy) is 1. The van der Waals surface area contributed by atoms with Crippen molar-refractivity contribution in [2.75, 3.05) is 38.2 Å². The van der Waals surface area contributed by atoms with Crippen LogP contribution in [0.3, 0.4) is 0 Å². The van der Waals surface area contributed by atoms with Gasteiger partial charge in [-0.2, -0.15) is 0 Å². The van der Waals surface area contributed by atoms with Gasteiger partial charge in [0, 0.05) is 49.8 Å². The van der Waals surface area contributed by atoms with Gasteiger partial charge < -0.3 is 20.3 Å². The molecule has 28 heavy (non-hydrogen) atoms. The van der Waals surface area contributed by atoms with Gasteiger partial charge >= 0.3 is 0 Å². The van der Waals surface area contributed by atoms with Gasteiger partial charge in [-0.25, -0.2) is 0 Å². The Hall–Kier alpha value is -2.24. The fourth-order valence-corrected chi connectivity index (χ4v) is 4.02. The van der Waals surface area contributed by atoms with Crippen molar-refractivity contribution in [1.29, 1.82) is 0 Å². The van der Waals surface area contributed by atoms with E-state index in [1.165, 1.54) is 0 Å². The van der Waals surface area contributed by atoms with Crippen LogP contribution in [0.25, 0.3) is 0 Å². The number of rotatable bonds is 9. The van der Waals surface area contributed by atoms with E-state index in [2.05, 4.69) is 24.8 Å². The van der Waals surface area contributed by atoms with Gasteiger partial charge in [-0.3, -0.25) is 9.59 Å². The number of hydrogen-bond donors (Lipinski definition) is 1. The number of benzene rings is 1. The number of piperazine rings is 1. The number of nitrogens with two attached hydrogens (primary N) is 1. The summed E-state index contributed by atoms with van der Waals surface area (Å²) < 4.78 is 5.31. The minimum Gasteiger partial charge on any atom is -0.497 e. The number of carbonyl (C=O) groups excluding carboxylic acids is 2. The minimum atomic E-state index is -0.378. The first-order valence-electron chi connectivity index (χ1n) is 10.3. The Morgan fingerprint density at radius 2 is 1.82 bits per heavy atom. The molecule has 0 aromatic heterocycles. The molecule has 6 heteroatoms. The van der Waals surface area contributed by atoms with Gasteiger partial charge in [0.2, 0.25) is 11.8 Å². The molecule has 0 radical (unpaired) electrons. The number of anilines is 1. The Morgan fingerprint density at radius 3 is 2.36 bits per heavy atom. The molecule has 6 nitrogen and oxygen atoms in total. The molecule has 1 aliphatic heterocycles. The highest BCUT2D eigenvalue weighted by molar-refractivity contribution is 5.87. The zero-order valence-electron chi connectivity index (χ0n) is 17.7. The number of nitrogens with zero attached hydrogens (tertiary/aromatic N) is 2. The highest BCUT2D eigenvalue weighted by Gasteiger charge is 2.36. The van der Waals surface area contributed by atoms with Crippen molar-refractivity contribution in [3.63, 3.8) is 0 Å². The van der Waals surface area contributed by atoms with E-state index >= 15 is 0 Å². The van der Waals surface area contributed by atoms with E-state index in [9.17, 15) is 9.59 Å². The molecule has 2 atom stereocenters. The average Bonchev–Trinajstić information content (AvgIpc) is 2.69. The van der Waals surface area contributed by atoms with Crippen LogP contribution < -0.4 is 15.4 Å².